The van der Waals surface area contributed by atoms with Gasteiger partial charge in [-0.3, -0.25) is 9.59 Å². The first-order valence-electron chi connectivity index (χ1n) is 8.23. The lowest BCUT2D eigenvalue weighted by atomic mass is 10.1. The van der Waals surface area contributed by atoms with Crippen LogP contribution >= 0.6 is 0 Å². The van der Waals surface area contributed by atoms with Crippen molar-refractivity contribution >= 4 is 11.8 Å². The predicted octanol–water partition coefficient (Wildman–Crippen LogP) is 2.39. The highest BCUT2D eigenvalue weighted by molar-refractivity contribution is 5.92. The molecule has 1 N–H and O–H groups in total. The van der Waals surface area contributed by atoms with Crippen LogP contribution in [-0.4, -0.2) is 41.5 Å². The summed E-state index contributed by atoms with van der Waals surface area (Å²) in [5, 5.41) is 6.75. The molecule has 1 fully saturated rings. The van der Waals surface area contributed by atoms with Crippen molar-refractivity contribution in [2.24, 2.45) is 0 Å². The van der Waals surface area contributed by atoms with Crippen LogP contribution in [0.5, 0.6) is 0 Å². The largest absolute Gasteiger partial charge is 0.350 e. The van der Waals surface area contributed by atoms with Gasteiger partial charge in [0.1, 0.15) is 5.69 Å². The second-order valence-corrected chi connectivity index (χ2v) is 6.04. The zero-order chi connectivity index (χ0) is 16.9. The molecule has 2 heterocycles. The van der Waals surface area contributed by atoms with Crippen molar-refractivity contribution in [1.82, 2.24) is 15.4 Å². The van der Waals surface area contributed by atoms with Gasteiger partial charge in [-0.2, -0.15) is 0 Å². The lowest BCUT2D eigenvalue weighted by molar-refractivity contribution is -0.127. The SMILES string of the molecule is Cc1ccc(-c2cc(C(=O)NCCCN3CCCC3=O)on2)cc1. The molecular weight excluding hydrogens is 306 g/mol. The summed E-state index contributed by atoms with van der Waals surface area (Å²) in [6, 6.07) is 9.51. The molecule has 0 bridgehead atoms. The number of hydrogen-bond donors (Lipinski definition) is 1. The summed E-state index contributed by atoms with van der Waals surface area (Å²) in [7, 11) is 0. The van der Waals surface area contributed by atoms with E-state index in [0.29, 0.717) is 25.2 Å². The molecular formula is C18H21N3O3. The van der Waals surface area contributed by atoms with Gasteiger partial charge in [-0.25, -0.2) is 0 Å². The van der Waals surface area contributed by atoms with Crippen molar-refractivity contribution in [2.45, 2.75) is 26.2 Å². The number of hydrogen-bond acceptors (Lipinski definition) is 4. The highest BCUT2D eigenvalue weighted by Gasteiger charge is 2.19. The minimum Gasteiger partial charge on any atom is -0.350 e. The molecule has 24 heavy (non-hydrogen) atoms. The monoisotopic (exact) mass is 327 g/mol. The third-order valence-corrected chi connectivity index (χ3v) is 4.14. The van der Waals surface area contributed by atoms with Crippen molar-refractivity contribution in [2.75, 3.05) is 19.6 Å². The smallest absolute Gasteiger partial charge is 0.289 e. The Morgan fingerprint density at radius 2 is 2.12 bits per heavy atom. The van der Waals surface area contributed by atoms with Crippen molar-refractivity contribution in [3.63, 3.8) is 0 Å². The van der Waals surface area contributed by atoms with Crippen LogP contribution in [0.3, 0.4) is 0 Å². The molecule has 1 aliphatic rings. The average Bonchev–Trinajstić information content (AvgIpc) is 3.22. The Labute approximate surface area is 140 Å². The molecule has 0 spiro atoms. The fraction of sp³-hybridized carbons (Fsp3) is 0.389. The van der Waals surface area contributed by atoms with Crippen LogP contribution in [0.25, 0.3) is 11.3 Å². The van der Waals surface area contributed by atoms with Gasteiger partial charge < -0.3 is 14.7 Å². The van der Waals surface area contributed by atoms with E-state index in [2.05, 4.69) is 10.5 Å². The summed E-state index contributed by atoms with van der Waals surface area (Å²) in [5.74, 6) is 0.121. The molecule has 1 aromatic heterocycles. The molecule has 0 unspecified atom stereocenters. The molecule has 0 atom stereocenters. The topological polar surface area (TPSA) is 75.4 Å². The Morgan fingerprint density at radius 1 is 1.33 bits per heavy atom. The van der Waals surface area contributed by atoms with E-state index in [0.717, 1.165) is 30.5 Å². The van der Waals surface area contributed by atoms with Crippen molar-refractivity contribution in [1.29, 1.82) is 0 Å². The number of carbonyl (C=O) groups is 2. The van der Waals surface area contributed by atoms with Crippen LogP contribution < -0.4 is 5.32 Å². The molecule has 1 saturated heterocycles. The van der Waals surface area contributed by atoms with Crippen LogP contribution in [0.4, 0.5) is 0 Å². The number of aryl methyl sites for hydroxylation is 1. The lowest BCUT2D eigenvalue weighted by Gasteiger charge is -2.14. The number of nitrogens with zero attached hydrogens (tertiary/aromatic N) is 2. The fourth-order valence-corrected chi connectivity index (χ4v) is 2.74. The predicted molar refractivity (Wildman–Crippen MR) is 89.4 cm³/mol. The summed E-state index contributed by atoms with van der Waals surface area (Å²) in [5.41, 5.74) is 2.72. The highest BCUT2D eigenvalue weighted by atomic mass is 16.5. The molecule has 0 radical (unpaired) electrons. The van der Waals surface area contributed by atoms with E-state index in [-0.39, 0.29) is 17.6 Å². The van der Waals surface area contributed by atoms with Crippen LogP contribution in [0.2, 0.25) is 0 Å². The van der Waals surface area contributed by atoms with E-state index in [1.165, 1.54) is 0 Å². The Kier molecular flexibility index (Phi) is 4.93. The standard InChI is InChI=1S/C18H21N3O3/c1-13-5-7-14(8-6-13)15-12-16(24-20-15)18(23)19-9-3-11-21-10-2-4-17(21)22/h5-8,12H,2-4,9-11H2,1H3,(H,19,23). The number of benzene rings is 1. The summed E-state index contributed by atoms with van der Waals surface area (Å²) in [4.78, 5) is 25.4. The molecule has 3 rings (SSSR count). The second-order valence-electron chi connectivity index (χ2n) is 6.04. The van der Waals surface area contributed by atoms with E-state index in [4.69, 9.17) is 4.52 Å². The average molecular weight is 327 g/mol. The number of amides is 2. The van der Waals surface area contributed by atoms with Gasteiger partial charge in [0.25, 0.3) is 5.91 Å². The van der Waals surface area contributed by atoms with Gasteiger partial charge >= 0.3 is 0 Å². The second kappa shape index (κ2) is 7.29. The first kappa shape index (κ1) is 16.2. The summed E-state index contributed by atoms with van der Waals surface area (Å²) in [6.07, 6.45) is 2.31. The molecule has 126 valence electrons. The minimum absolute atomic E-state index is 0.197. The highest BCUT2D eigenvalue weighted by Crippen LogP contribution is 2.19. The van der Waals surface area contributed by atoms with Gasteiger partial charge in [-0.15, -0.1) is 0 Å². The van der Waals surface area contributed by atoms with E-state index in [9.17, 15) is 9.59 Å². The number of rotatable bonds is 6. The molecule has 6 nitrogen and oxygen atoms in total. The fourth-order valence-electron chi connectivity index (χ4n) is 2.74. The molecule has 2 amide bonds. The normalized spacial score (nSPS) is 14.2. The lowest BCUT2D eigenvalue weighted by Crippen LogP contribution is -2.30. The van der Waals surface area contributed by atoms with Gasteiger partial charge in [0.2, 0.25) is 11.7 Å². The van der Waals surface area contributed by atoms with Gasteiger partial charge in [0.15, 0.2) is 0 Å². The number of carbonyl (C=O) groups excluding carboxylic acids is 2. The molecule has 0 aliphatic carbocycles. The van der Waals surface area contributed by atoms with Crippen molar-refractivity contribution < 1.29 is 14.1 Å². The van der Waals surface area contributed by atoms with Crippen LogP contribution in [0.1, 0.15) is 35.4 Å². The van der Waals surface area contributed by atoms with Gasteiger partial charge in [0, 0.05) is 37.7 Å². The summed E-state index contributed by atoms with van der Waals surface area (Å²) in [6.45, 7) is 4.03. The van der Waals surface area contributed by atoms with Crippen LogP contribution in [-0.2, 0) is 4.79 Å². The van der Waals surface area contributed by atoms with Gasteiger partial charge in [-0.05, 0) is 19.8 Å². The van der Waals surface area contributed by atoms with E-state index in [1.54, 1.807) is 6.07 Å². The first-order valence-corrected chi connectivity index (χ1v) is 8.23. The zero-order valence-electron chi connectivity index (χ0n) is 13.7. The summed E-state index contributed by atoms with van der Waals surface area (Å²) >= 11 is 0. The van der Waals surface area contributed by atoms with Crippen molar-refractivity contribution in [3.8, 4) is 11.3 Å². The first-order chi connectivity index (χ1) is 11.6. The maximum Gasteiger partial charge on any atom is 0.289 e. The number of aromatic nitrogens is 1. The molecule has 1 aromatic carbocycles. The van der Waals surface area contributed by atoms with E-state index < -0.39 is 0 Å². The third-order valence-electron chi connectivity index (χ3n) is 4.14. The Bertz CT molecular complexity index is 721. The molecule has 0 saturated carbocycles. The van der Waals surface area contributed by atoms with E-state index >= 15 is 0 Å². The number of nitrogens with one attached hydrogen (secondary N) is 1. The summed E-state index contributed by atoms with van der Waals surface area (Å²) < 4.78 is 5.13. The van der Waals surface area contributed by atoms with Crippen molar-refractivity contribution in [3.05, 3.63) is 41.7 Å². The Hall–Kier alpha value is -2.63. The molecule has 2 aromatic rings. The Balaban J connectivity index is 1.48. The zero-order valence-corrected chi connectivity index (χ0v) is 13.7. The van der Waals surface area contributed by atoms with Gasteiger partial charge in [0.05, 0.1) is 0 Å². The number of likely N-dealkylation sites (tertiary alicyclic amines) is 1. The Morgan fingerprint density at radius 3 is 2.83 bits per heavy atom. The van der Waals surface area contributed by atoms with E-state index in [1.807, 2.05) is 36.1 Å². The maximum absolute atomic E-state index is 12.1. The third kappa shape index (κ3) is 3.82. The van der Waals surface area contributed by atoms with Gasteiger partial charge in [-0.1, -0.05) is 35.0 Å². The maximum atomic E-state index is 12.1. The quantitative estimate of drug-likeness (QED) is 0.827. The molecule has 6 heteroatoms. The minimum atomic E-state index is -0.284. The molecule has 1 aliphatic heterocycles. The van der Waals surface area contributed by atoms with Crippen LogP contribution in [0.15, 0.2) is 34.9 Å². The van der Waals surface area contributed by atoms with Crippen LogP contribution in [0, 0.1) is 6.92 Å².